The highest BCUT2D eigenvalue weighted by atomic mass is 79.9. The van der Waals surface area contributed by atoms with Crippen molar-refractivity contribution < 1.29 is 9.53 Å². The predicted octanol–water partition coefficient (Wildman–Crippen LogP) is 2.83. The maximum Gasteiger partial charge on any atom is 0.150 e. The van der Waals surface area contributed by atoms with E-state index in [0.29, 0.717) is 5.56 Å². The summed E-state index contributed by atoms with van der Waals surface area (Å²) in [5.74, 6) is 0.763. The second-order valence-electron chi connectivity index (χ2n) is 2.65. The van der Waals surface area contributed by atoms with E-state index in [-0.39, 0.29) is 0 Å². The lowest BCUT2D eigenvalue weighted by Crippen LogP contribution is -1.94. The quantitative estimate of drug-likeness (QED) is 0.763. The van der Waals surface area contributed by atoms with Gasteiger partial charge in [0.2, 0.25) is 0 Å². The minimum absolute atomic E-state index is 0.626. The highest BCUT2D eigenvalue weighted by Crippen LogP contribution is 2.28. The van der Waals surface area contributed by atoms with Crippen LogP contribution in [0.25, 0.3) is 0 Å². The van der Waals surface area contributed by atoms with Gasteiger partial charge in [-0.2, -0.15) is 0 Å². The topological polar surface area (TPSA) is 26.3 Å². The molecular formula is C10H11BrO2. The number of benzene rings is 1. The zero-order chi connectivity index (χ0) is 9.84. The first-order valence-corrected chi connectivity index (χ1v) is 4.83. The summed E-state index contributed by atoms with van der Waals surface area (Å²) in [6, 6.07) is 3.55. The van der Waals surface area contributed by atoms with Crippen molar-refractivity contribution in [2.45, 2.75) is 13.3 Å². The molecule has 0 radical (unpaired) electrons. The van der Waals surface area contributed by atoms with Gasteiger partial charge in [0.1, 0.15) is 12.0 Å². The van der Waals surface area contributed by atoms with Crippen LogP contribution in [0.15, 0.2) is 16.6 Å². The van der Waals surface area contributed by atoms with Crippen molar-refractivity contribution in [1.29, 1.82) is 0 Å². The number of rotatable bonds is 3. The summed E-state index contributed by atoms with van der Waals surface area (Å²) in [6.07, 6.45) is 1.69. The van der Waals surface area contributed by atoms with Crippen LogP contribution in [0, 0.1) is 0 Å². The summed E-state index contributed by atoms with van der Waals surface area (Å²) >= 11 is 3.40. The molecule has 0 spiro atoms. The lowest BCUT2D eigenvalue weighted by Gasteiger charge is -2.09. The fraction of sp³-hybridized carbons (Fsp3) is 0.300. The van der Waals surface area contributed by atoms with Crippen molar-refractivity contribution in [2.24, 2.45) is 0 Å². The molecule has 70 valence electrons. The van der Waals surface area contributed by atoms with E-state index >= 15 is 0 Å². The zero-order valence-electron chi connectivity index (χ0n) is 7.63. The van der Waals surface area contributed by atoms with E-state index < -0.39 is 0 Å². The van der Waals surface area contributed by atoms with Gasteiger partial charge in [-0.25, -0.2) is 0 Å². The number of hydrogen-bond donors (Lipinski definition) is 0. The minimum Gasteiger partial charge on any atom is -0.496 e. The van der Waals surface area contributed by atoms with Gasteiger partial charge in [0, 0.05) is 15.6 Å². The zero-order valence-corrected chi connectivity index (χ0v) is 9.22. The Balaban J connectivity index is 3.28. The molecule has 0 aliphatic rings. The molecule has 0 atom stereocenters. The normalized spacial score (nSPS) is 9.77. The third-order valence-corrected chi connectivity index (χ3v) is 2.59. The van der Waals surface area contributed by atoms with Crippen LogP contribution in [-0.2, 0) is 6.42 Å². The molecule has 0 aromatic heterocycles. The van der Waals surface area contributed by atoms with Crippen molar-refractivity contribution in [3.8, 4) is 5.75 Å². The molecule has 0 fully saturated rings. The molecule has 0 amide bonds. The molecule has 0 heterocycles. The SMILES string of the molecule is CCc1c(Br)cc(C=O)cc1OC. The Morgan fingerprint density at radius 3 is 2.69 bits per heavy atom. The summed E-state index contributed by atoms with van der Waals surface area (Å²) in [4.78, 5) is 10.6. The predicted molar refractivity (Wildman–Crippen MR) is 55.5 cm³/mol. The van der Waals surface area contributed by atoms with Gasteiger partial charge in [0.15, 0.2) is 0 Å². The van der Waals surface area contributed by atoms with Crippen LogP contribution in [0.4, 0.5) is 0 Å². The highest BCUT2D eigenvalue weighted by molar-refractivity contribution is 9.10. The third-order valence-electron chi connectivity index (χ3n) is 1.89. The number of hydrogen-bond acceptors (Lipinski definition) is 2. The Morgan fingerprint density at radius 1 is 1.54 bits per heavy atom. The summed E-state index contributed by atoms with van der Waals surface area (Å²) in [5.41, 5.74) is 1.72. The second kappa shape index (κ2) is 4.42. The van der Waals surface area contributed by atoms with Crippen molar-refractivity contribution in [1.82, 2.24) is 0 Å². The molecule has 0 bridgehead atoms. The first kappa shape index (κ1) is 10.3. The van der Waals surface area contributed by atoms with Gasteiger partial charge in [0.25, 0.3) is 0 Å². The van der Waals surface area contributed by atoms with E-state index in [1.165, 1.54) is 0 Å². The Morgan fingerprint density at radius 2 is 2.23 bits per heavy atom. The first-order chi connectivity index (χ1) is 6.22. The summed E-state index contributed by atoms with van der Waals surface area (Å²) in [5, 5.41) is 0. The average Bonchev–Trinajstić information content (AvgIpc) is 2.16. The molecule has 0 saturated heterocycles. The second-order valence-corrected chi connectivity index (χ2v) is 3.51. The van der Waals surface area contributed by atoms with Gasteiger partial charge in [-0.15, -0.1) is 0 Å². The van der Waals surface area contributed by atoms with E-state index in [2.05, 4.69) is 15.9 Å². The smallest absolute Gasteiger partial charge is 0.150 e. The first-order valence-electron chi connectivity index (χ1n) is 4.04. The Labute approximate surface area is 86.0 Å². The molecule has 0 aliphatic heterocycles. The molecule has 1 rings (SSSR count). The van der Waals surface area contributed by atoms with Gasteiger partial charge < -0.3 is 4.74 Å². The van der Waals surface area contributed by atoms with Crippen LogP contribution < -0.4 is 4.74 Å². The summed E-state index contributed by atoms with van der Waals surface area (Å²) in [6.45, 7) is 2.04. The Bertz CT molecular complexity index is 321. The van der Waals surface area contributed by atoms with Crippen molar-refractivity contribution in [2.75, 3.05) is 7.11 Å². The lowest BCUT2D eigenvalue weighted by atomic mass is 10.1. The molecule has 13 heavy (non-hydrogen) atoms. The maximum atomic E-state index is 10.6. The van der Waals surface area contributed by atoms with Crippen LogP contribution in [-0.4, -0.2) is 13.4 Å². The van der Waals surface area contributed by atoms with Crippen LogP contribution in [0.5, 0.6) is 5.75 Å². The average molecular weight is 243 g/mol. The van der Waals surface area contributed by atoms with Crippen molar-refractivity contribution >= 4 is 22.2 Å². The van der Waals surface area contributed by atoms with Gasteiger partial charge in [0.05, 0.1) is 7.11 Å². The molecule has 0 saturated carbocycles. The van der Waals surface area contributed by atoms with E-state index in [0.717, 1.165) is 28.5 Å². The van der Waals surface area contributed by atoms with E-state index in [4.69, 9.17) is 4.74 Å². The van der Waals surface area contributed by atoms with Crippen LogP contribution in [0.2, 0.25) is 0 Å². The van der Waals surface area contributed by atoms with Gasteiger partial charge in [-0.1, -0.05) is 22.9 Å². The molecule has 0 aliphatic carbocycles. The molecule has 2 nitrogen and oxygen atoms in total. The molecule has 1 aromatic carbocycles. The number of aldehydes is 1. The maximum absolute atomic E-state index is 10.6. The minimum atomic E-state index is 0.626. The van der Waals surface area contributed by atoms with Crippen molar-refractivity contribution in [3.63, 3.8) is 0 Å². The summed E-state index contributed by atoms with van der Waals surface area (Å²) in [7, 11) is 1.61. The Hall–Kier alpha value is -0.830. The third kappa shape index (κ3) is 2.10. The fourth-order valence-corrected chi connectivity index (χ4v) is 1.96. The molecule has 0 unspecified atom stereocenters. The molecular weight excluding hydrogens is 232 g/mol. The Kier molecular flexibility index (Phi) is 3.48. The van der Waals surface area contributed by atoms with Gasteiger partial charge >= 0.3 is 0 Å². The monoisotopic (exact) mass is 242 g/mol. The largest absolute Gasteiger partial charge is 0.496 e. The van der Waals surface area contributed by atoms with E-state index in [9.17, 15) is 4.79 Å². The number of carbonyl (C=O) groups excluding carboxylic acids is 1. The van der Waals surface area contributed by atoms with Gasteiger partial charge in [-0.05, 0) is 18.6 Å². The number of carbonyl (C=O) groups is 1. The highest BCUT2D eigenvalue weighted by Gasteiger charge is 2.07. The van der Waals surface area contributed by atoms with E-state index in [1.54, 1.807) is 19.2 Å². The lowest BCUT2D eigenvalue weighted by molar-refractivity contribution is 0.112. The molecule has 1 aromatic rings. The van der Waals surface area contributed by atoms with Crippen LogP contribution in [0.1, 0.15) is 22.8 Å². The fourth-order valence-electron chi connectivity index (χ4n) is 1.22. The number of methoxy groups -OCH3 is 1. The van der Waals surface area contributed by atoms with Crippen LogP contribution >= 0.6 is 15.9 Å². The summed E-state index contributed by atoms with van der Waals surface area (Å²) < 4.78 is 6.10. The van der Waals surface area contributed by atoms with Crippen molar-refractivity contribution in [3.05, 3.63) is 27.7 Å². The number of ether oxygens (including phenoxy) is 1. The molecule has 0 N–H and O–H groups in total. The molecule has 3 heteroatoms. The van der Waals surface area contributed by atoms with Gasteiger partial charge in [-0.3, -0.25) is 4.79 Å². The number of halogens is 1. The standard InChI is InChI=1S/C10H11BrO2/c1-3-8-9(11)4-7(6-12)5-10(8)13-2/h4-6H,3H2,1-2H3. The van der Waals surface area contributed by atoms with E-state index in [1.807, 2.05) is 6.92 Å². The van der Waals surface area contributed by atoms with Crippen LogP contribution in [0.3, 0.4) is 0 Å².